The Hall–Kier alpha value is -3.86. The molecule has 8 atom stereocenters. The van der Waals surface area contributed by atoms with E-state index in [-0.39, 0.29) is 41.5 Å². The van der Waals surface area contributed by atoms with Crippen molar-refractivity contribution in [1.82, 2.24) is 0 Å². The molecule has 4 aliphatic heterocycles. The van der Waals surface area contributed by atoms with Gasteiger partial charge in [0.2, 0.25) is 6.23 Å². The van der Waals surface area contributed by atoms with Gasteiger partial charge in [-0.3, -0.25) is 4.55 Å². The number of phenolic OH excluding ortho intramolecular Hbond substituents is 1. The number of nitrogens with zero attached hydrogens (tertiary/aromatic N) is 1. The van der Waals surface area contributed by atoms with Gasteiger partial charge in [0.05, 0.1) is 5.25 Å². The van der Waals surface area contributed by atoms with E-state index in [1.807, 2.05) is 54.6 Å². The molecule has 0 spiro atoms. The first-order valence-corrected chi connectivity index (χ1v) is 17.6. The maximum absolute atomic E-state index is 13.6. The molecule has 0 aromatic heterocycles. The molecular weight excluding hydrogens is 602 g/mol. The molecule has 3 aromatic rings. The van der Waals surface area contributed by atoms with Crippen LogP contribution in [0.25, 0.3) is 0 Å². The van der Waals surface area contributed by atoms with E-state index >= 15 is 0 Å². The van der Waals surface area contributed by atoms with Crippen LogP contribution in [-0.2, 0) is 21.3 Å². The third kappa shape index (κ3) is 5.89. The Morgan fingerprint density at radius 1 is 0.957 bits per heavy atom. The Labute approximate surface area is 270 Å². The molecule has 9 rings (SSSR count). The van der Waals surface area contributed by atoms with Crippen molar-refractivity contribution in [2.45, 2.75) is 68.4 Å². The molecule has 1 fully saturated rings. The number of phenols is 1. The number of aliphatic imine (C=N–C) groups is 1. The lowest BCUT2D eigenvalue weighted by Crippen LogP contribution is -2.40. The molecular formula is C36H41N3O6S. The number of fused-ring (bicyclic) bond motifs is 4. The Balaban J connectivity index is 1.42. The highest BCUT2D eigenvalue weighted by atomic mass is 32.2. The zero-order valence-corrected chi connectivity index (χ0v) is 26.6. The molecule has 1 saturated heterocycles. The number of allylic oxidation sites excluding steroid dienone is 1. The van der Waals surface area contributed by atoms with Gasteiger partial charge in [-0.05, 0) is 108 Å². The number of guanidine groups is 1. The van der Waals surface area contributed by atoms with E-state index in [2.05, 4.69) is 18.0 Å². The quantitative estimate of drug-likeness (QED) is 0.119. The Morgan fingerprint density at radius 2 is 1.67 bits per heavy atom. The van der Waals surface area contributed by atoms with Gasteiger partial charge in [-0.1, -0.05) is 55.5 Å². The van der Waals surface area contributed by atoms with E-state index in [9.17, 15) is 18.1 Å². The fourth-order valence-electron chi connectivity index (χ4n) is 8.40. The van der Waals surface area contributed by atoms with Crippen molar-refractivity contribution < 1.29 is 27.6 Å². The molecule has 4 heterocycles. The van der Waals surface area contributed by atoms with Crippen LogP contribution in [0.1, 0.15) is 84.6 Å². The number of rotatable bonds is 3. The predicted octanol–water partition coefficient (Wildman–Crippen LogP) is 5.88. The second kappa shape index (κ2) is 12.1. The monoisotopic (exact) mass is 643 g/mol. The number of hydrogen-bond acceptors (Lipinski definition) is 6. The fraction of sp³-hybridized carbons (Fsp3) is 0.417. The highest BCUT2D eigenvalue weighted by Gasteiger charge is 2.47. The Bertz CT molecular complexity index is 1770. The summed E-state index contributed by atoms with van der Waals surface area (Å²) in [5, 5.41) is 8.90. The van der Waals surface area contributed by atoms with Crippen molar-refractivity contribution in [3.63, 3.8) is 0 Å². The van der Waals surface area contributed by atoms with Gasteiger partial charge in [0.1, 0.15) is 17.6 Å². The van der Waals surface area contributed by atoms with E-state index in [4.69, 9.17) is 20.9 Å². The van der Waals surface area contributed by atoms with Gasteiger partial charge in [0.25, 0.3) is 10.1 Å². The average molecular weight is 644 g/mol. The SMILES string of the molecule is C[C@@H]1CCc2cc3ccc2[C@@H]1C[C@@H](S(=O)(=O)O)[C@@H]1C=C2C[C@H](CCO[C@H]2c2ccc(O)cc2)[C@H]1c1ccc(cc1)[C@H](N=C(N)N)O3. The number of hydrogen-bond donors (Lipinski definition) is 4. The van der Waals surface area contributed by atoms with Crippen molar-refractivity contribution in [2.75, 3.05) is 6.61 Å². The molecule has 10 heteroatoms. The van der Waals surface area contributed by atoms with Crippen LogP contribution >= 0.6 is 0 Å². The van der Waals surface area contributed by atoms with Gasteiger partial charge in [0.15, 0.2) is 5.96 Å². The summed E-state index contributed by atoms with van der Waals surface area (Å²) in [6.45, 7) is 2.67. The summed E-state index contributed by atoms with van der Waals surface area (Å²) in [5.74, 6) is 0.279. The predicted molar refractivity (Wildman–Crippen MR) is 176 cm³/mol. The largest absolute Gasteiger partial charge is 0.508 e. The van der Waals surface area contributed by atoms with Crippen molar-refractivity contribution in [3.8, 4) is 11.5 Å². The molecule has 6 aliphatic rings. The van der Waals surface area contributed by atoms with Crippen LogP contribution < -0.4 is 16.2 Å². The summed E-state index contributed by atoms with van der Waals surface area (Å²) in [5.41, 5.74) is 17.5. The van der Waals surface area contributed by atoms with Gasteiger partial charge in [-0.25, -0.2) is 4.99 Å². The van der Waals surface area contributed by atoms with Gasteiger partial charge in [-0.2, -0.15) is 8.42 Å². The number of benzene rings is 3. The first-order chi connectivity index (χ1) is 22.0. The summed E-state index contributed by atoms with van der Waals surface area (Å²) in [6, 6.07) is 20.9. The van der Waals surface area contributed by atoms with Crippen LogP contribution in [0.3, 0.4) is 0 Å². The molecule has 0 unspecified atom stereocenters. The highest BCUT2D eigenvalue weighted by molar-refractivity contribution is 7.86. The number of ether oxygens (including phenoxy) is 2. The van der Waals surface area contributed by atoms with Gasteiger partial charge < -0.3 is 26.0 Å². The lowest BCUT2D eigenvalue weighted by Gasteiger charge is -2.42. The van der Waals surface area contributed by atoms with E-state index < -0.39 is 27.5 Å². The van der Waals surface area contributed by atoms with Crippen LogP contribution in [0.15, 0.2) is 83.4 Å². The first-order valence-electron chi connectivity index (χ1n) is 16.1. The molecule has 3 aromatic carbocycles. The van der Waals surface area contributed by atoms with Gasteiger partial charge in [0, 0.05) is 18.1 Å². The second-order valence-electron chi connectivity index (χ2n) is 13.4. The Kier molecular flexibility index (Phi) is 8.07. The smallest absolute Gasteiger partial charge is 0.268 e. The minimum absolute atomic E-state index is 0.0720. The van der Waals surface area contributed by atoms with Gasteiger partial charge in [-0.15, -0.1) is 0 Å². The fourth-order valence-corrected chi connectivity index (χ4v) is 9.50. The molecule has 0 amide bonds. The van der Waals surface area contributed by atoms with Gasteiger partial charge >= 0.3 is 0 Å². The lowest BCUT2D eigenvalue weighted by atomic mass is 9.65. The molecule has 6 N–H and O–H groups in total. The third-order valence-corrected chi connectivity index (χ3v) is 11.9. The van der Waals surface area contributed by atoms with Crippen LogP contribution in [0.5, 0.6) is 11.5 Å². The summed E-state index contributed by atoms with van der Waals surface area (Å²) in [4.78, 5) is 4.40. The van der Waals surface area contributed by atoms with E-state index in [0.29, 0.717) is 18.8 Å². The zero-order valence-electron chi connectivity index (χ0n) is 25.8. The van der Waals surface area contributed by atoms with E-state index in [1.165, 1.54) is 0 Å². The third-order valence-electron chi connectivity index (χ3n) is 10.6. The first kappa shape index (κ1) is 30.8. The Morgan fingerprint density at radius 3 is 2.39 bits per heavy atom. The standard InChI is InChI=1S/C36H41N3O6S/c1-20-2-3-24-17-28-12-13-29(24)30(20)19-32(46(41,42)43)31-18-26-16-25(14-15-44-34(26)22-8-10-27(40)11-9-22)33(31)21-4-6-23(7-5-21)35(45-28)39-36(37)38/h4-13,17-18,20,25,30-35,40H,2-3,14-16,19H2,1H3,(H4,37,38,39)(H,41,42,43)/t20-,25+,30-,31+,32-,33-,34+,35-/m1/s1. The van der Waals surface area contributed by atoms with E-state index in [1.54, 1.807) is 12.1 Å². The molecule has 9 nitrogen and oxygen atoms in total. The van der Waals surface area contributed by atoms with Crippen molar-refractivity contribution in [2.24, 2.45) is 34.2 Å². The molecule has 242 valence electrons. The van der Waals surface area contributed by atoms with Crippen LogP contribution in [0, 0.1) is 17.8 Å². The summed E-state index contributed by atoms with van der Waals surface area (Å²) in [7, 11) is -4.48. The molecule has 0 radical (unpaired) electrons. The number of nitrogens with two attached hydrogens (primary N) is 2. The second-order valence-corrected chi connectivity index (χ2v) is 15.0. The maximum atomic E-state index is 13.6. The summed E-state index contributed by atoms with van der Waals surface area (Å²) < 4.78 is 51.0. The maximum Gasteiger partial charge on any atom is 0.268 e. The summed E-state index contributed by atoms with van der Waals surface area (Å²) >= 11 is 0. The van der Waals surface area contributed by atoms with Crippen LogP contribution in [-0.4, -0.2) is 35.9 Å². The minimum atomic E-state index is -4.48. The number of aromatic hydroxyl groups is 1. The normalized spacial score (nSPS) is 30.5. The topological polar surface area (TPSA) is 157 Å². The van der Waals surface area contributed by atoms with Crippen molar-refractivity contribution >= 4 is 16.1 Å². The average Bonchev–Trinajstić information content (AvgIpc) is 3.18. The molecule has 8 bridgehead atoms. The highest BCUT2D eigenvalue weighted by Crippen LogP contribution is 2.53. The minimum Gasteiger partial charge on any atom is -0.508 e. The van der Waals surface area contributed by atoms with Crippen LogP contribution in [0.2, 0.25) is 0 Å². The van der Waals surface area contributed by atoms with Crippen LogP contribution in [0.4, 0.5) is 0 Å². The van der Waals surface area contributed by atoms with Crippen molar-refractivity contribution in [1.29, 1.82) is 0 Å². The zero-order chi connectivity index (χ0) is 32.2. The molecule has 46 heavy (non-hydrogen) atoms. The molecule has 2 aliphatic carbocycles. The van der Waals surface area contributed by atoms with Crippen molar-refractivity contribution in [3.05, 3.63) is 106 Å². The lowest BCUT2D eigenvalue weighted by molar-refractivity contribution is 0.0813. The number of aryl methyl sites for hydroxylation is 1. The summed E-state index contributed by atoms with van der Waals surface area (Å²) in [6.07, 6.45) is 4.46. The van der Waals surface area contributed by atoms with E-state index in [0.717, 1.165) is 59.1 Å². The molecule has 0 saturated carbocycles.